The Labute approximate surface area is 121 Å². The van der Waals surface area contributed by atoms with Gasteiger partial charge in [0, 0.05) is 5.02 Å². The van der Waals surface area contributed by atoms with Crippen LogP contribution in [0.15, 0.2) is 24.3 Å². The number of hydrogen-bond donors (Lipinski definition) is 1. The van der Waals surface area contributed by atoms with Crippen LogP contribution in [0.5, 0.6) is 0 Å². The number of rotatable bonds is 2. The van der Waals surface area contributed by atoms with Crippen molar-refractivity contribution in [3.8, 4) is 0 Å². The van der Waals surface area contributed by atoms with Gasteiger partial charge in [-0.2, -0.15) is 0 Å². The molecule has 0 saturated carbocycles. The Morgan fingerprint density at radius 3 is 2.25 bits per heavy atom. The van der Waals surface area contributed by atoms with Crippen molar-refractivity contribution >= 4 is 29.4 Å². The summed E-state index contributed by atoms with van der Waals surface area (Å²) in [6.07, 6.45) is 0. The van der Waals surface area contributed by atoms with Crippen LogP contribution >= 0.6 is 11.6 Å². The minimum atomic E-state index is -1.26. The largest absolute Gasteiger partial charge is 0.331 e. The molecule has 6 heteroatoms. The molecule has 0 bridgehead atoms. The zero-order valence-corrected chi connectivity index (χ0v) is 12.2. The normalized spacial score (nSPS) is 19.8. The Morgan fingerprint density at radius 1 is 1.15 bits per heavy atom. The minimum Gasteiger partial charge on any atom is -0.277 e. The van der Waals surface area contributed by atoms with E-state index in [4.69, 9.17) is 11.6 Å². The van der Waals surface area contributed by atoms with Crippen molar-refractivity contribution in [1.82, 2.24) is 10.2 Å². The van der Waals surface area contributed by atoms with Gasteiger partial charge in [-0.15, -0.1) is 0 Å². The molecule has 0 aromatic heterocycles. The molecule has 4 amide bonds. The van der Waals surface area contributed by atoms with Gasteiger partial charge in [-0.3, -0.25) is 19.8 Å². The highest BCUT2D eigenvalue weighted by atomic mass is 35.5. The molecule has 1 aliphatic heterocycles. The maximum Gasteiger partial charge on any atom is 0.331 e. The molecule has 0 aliphatic carbocycles. The monoisotopic (exact) mass is 294 g/mol. The topological polar surface area (TPSA) is 66.5 Å². The lowest BCUT2D eigenvalue weighted by Crippen LogP contribution is -2.62. The highest BCUT2D eigenvalue weighted by Crippen LogP contribution is 2.30. The first kappa shape index (κ1) is 14.5. The van der Waals surface area contributed by atoms with Crippen LogP contribution < -0.4 is 5.32 Å². The Hall–Kier alpha value is -1.88. The third-order valence-corrected chi connectivity index (χ3v) is 3.75. The Balaban J connectivity index is 2.35. The number of nitrogens with zero attached hydrogens (tertiary/aromatic N) is 1. The van der Waals surface area contributed by atoms with E-state index in [0.29, 0.717) is 5.02 Å². The second kappa shape index (κ2) is 4.90. The van der Waals surface area contributed by atoms with Crippen molar-refractivity contribution in [2.75, 3.05) is 0 Å². The number of carbonyl (C=O) groups is 3. The van der Waals surface area contributed by atoms with Gasteiger partial charge in [0.15, 0.2) is 0 Å². The number of hydrogen-bond acceptors (Lipinski definition) is 3. The average molecular weight is 295 g/mol. The van der Waals surface area contributed by atoms with Gasteiger partial charge in [-0.1, -0.05) is 23.7 Å². The van der Waals surface area contributed by atoms with Crippen LogP contribution in [0.25, 0.3) is 0 Å². The fourth-order valence-electron chi connectivity index (χ4n) is 2.05. The van der Waals surface area contributed by atoms with Crippen molar-refractivity contribution in [1.29, 1.82) is 0 Å². The Bertz CT molecular complexity index is 581. The fourth-order valence-corrected chi connectivity index (χ4v) is 2.17. The second-order valence-corrected chi connectivity index (χ2v) is 5.72. The van der Waals surface area contributed by atoms with Gasteiger partial charge in [0.2, 0.25) is 11.8 Å². The first-order chi connectivity index (χ1) is 9.25. The van der Waals surface area contributed by atoms with Crippen molar-refractivity contribution in [2.45, 2.75) is 26.8 Å². The smallest absolute Gasteiger partial charge is 0.277 e. The molecular formula is C14H15ClN2O3. The van der Waals surface area contributed by atoms with E-state index in [9.17, 15) is 14.4 Å². The molecule has 20 heavy (non-hydrogen) atoms. The van der Waals surface area contributed by atoms with Gasteiger partial charge in [0.05, 0.1) is 6.04 Å². The standard InChI is InChI=1S/C14H15ClN2O3/c1-8(9-4-6-10(15)7-5-9)17-12(19)14(2,3)11(18)16-13(17)20/h4-8H,1-3H3,(H,16,18,20). The lowest BCUT2D eigenvalue weighted by Gasteiger charge is -2.38. The van der Waals surface area contributed by atoms with E-state index in [1.165, 1.54) is 13.8 Å². The van der Waals surface area contributed by atoms with Crippen LogP contribution in [0.1, 0.15) is 32.4 Å². The van der Waals surface area contributed by atoms with Gasteiger partial charge in [0.25, 0.3) is 0 Å². The summed E-state index contributed by atoms with van der Waals surface area (Å²) >= 11 is 5.82. The number of carbonyl (C=O) groups excluding carboxylic acids is 3. The van der Waals surface area contributed by atoms with E-state index >= 15 is 0 Å². The predicted octanol–water partition coefficient (Wildman–Crippen LogP) is 2.51. The van der Waals surface area contributed by atoms with Crippen LogP contribution in [-0.4, -0.2) is 22.7 Å². The highest BCUT2D eigenvalue weighted by molar-refractivity contribution is 6.30. The molecule has 1 saturated heterocycles. The summed E-state index contributed by atoms with van der Waals surface area (Å²) in [4.78, 5) is 37.1. The number of imide groups is 2. The Morgan fingerprint density at radius 2 is 1.70 bits per heavy atom. The molecule has 0 spiro atoms. The van der Waals surface area contributed by atoms with E-state index in [-0.39, 0.29) is 0 Å². The van der Waals surface area contributed by atoms with Crippen molar-refractivity contribution in [2.24, 2.45) is 5.41 Å². The number of urea groups is 1. The maximum atomic E-state index is 12.4. The van der Waals surface area contributed by atoms with Crippen molar-refractivity contribution in [3.05, 3.63) is 34.9 Å². The number of nitrogens with one attached hydrogen (secondary N) is 1. The molecule has 106 valence electrons. The predicted molar refractivity (Wildman–Crippen MR) is 74.0 cm³/mol. The molecule has 1 unspecified atom stereocenters. The maximum absolute atomic E-state index is 12.4. The number of amides is 4. The summed E-state index contributed by atoms with van der Waals surface area (Å²) in [6.45, 7) is 4.73. The average Bonchev–Trinajstić information content (AvgIpc) is 2.37. The van der Waals surface area contributed by atoms with Crippen LogP contribution in [0.2, 0.25) is 5.02 Å². The summed E-state index contributed by atoms with van der Waals surface area (Å²) in [5.41, 5.74) is -0.489. The van der Waals surface area contributed by atoms with Crippen LogP contribution in [0.4, 0.5) is 4.79 Å². The molecule has 1 fully saturated rings. The molecule has 1 aliphatic rings. The SMILES string of the molecule is CC(c1ccc(Cl)cc1)N1C(=O)NC(=O)C(C)(C)C1=O. The number of benzene rings is 1. The number of halogens is 1. The second-order valence-electron chi connectivity index (χ2n) is 5.29. The summed E-state index contributed by atoms with van der Waals surface area (Å²) in [5, 5.41) is 2.79. The summed E-state index contributed by atoms with van der Waals surface area (Å²) in [5.74, 6) is -1.08. The van der Waals surface area contributed by atoms with Crippen molar-refractivity contribution < 1.29 is 14.4 Å². The zero-order valence-electron chi connectivity index (χ0n) is 11.4. The minimum absolute atomic E-state index is 0.479. The molecule has 1 aromatic rings. The number of barbiturate groups is 1. The highest BCUT2D eigenvalue weighted by Gasteiger charge is 2.48. The molecule has 1 atom stereocenters. The van der Waals surface area contributed by atoms with E-state index in [1.54, 1.807) is 31.2 Å². The third-order valence-electron chi connectivity index (χ3n) is 3.50. The first-order valence-corrected chi connectivity index (χ1v) is 6.57. The molecule has 2 rings (SSSR count). The third kappa shape index (κ3) is 2.29. The van der Waals surface area contributed by atoms with Gasteiger partial charge < -0.3 is 0 Å². The lowest BCUT2D eigenvalue weighted by molar-refractivity contribution is -0.150. The lowest BCUT2D eigenvalue weighted by atomic mass is 9.87. The van der Waals surface area contributed by atoms with Gasteiger partial charge >= 0.3 is 6.03 Å². The molecule has 1 heterocycles. The Kier molecular flexibility index (Phi) is 3.56. The molecule has 5 nitrogen and oxygen atoms in total. The molecule has 1 aromatic carbocycles. The van der Waals surface area contributed by atoms with Gasteiger partial charge in [-0.25, -0.2) is 4.79 Å². The van der Waals surface area contributed by atoms with Crippen LogP contribution in [-0.2, 0) is 9.59 Å². The van der Waals surface area contributed by atoms with Crippen molar-refractivity contribution in [3.63, 3.8) is 0 Å². The van der Waals surface area contributed by atoms with Crippen LogP contribution in [0, 0.1) is 5.41 Å². The molecule has 1 N–H and O–H groups in total. The molecule has 0 radical (unpaired) electrons. The van der Waals surface area contributed by atoms with E-state index < -0.39 is 29.3 Å². The molecular weight excluding hydrogens is 280 g/mol. The summed E-state index contributed by atoms with van der Waals surface area (Å²) < 4.78 is 0. The van der Waals surface area contributed by atoms with Gasteiger partial charge in [-0.05, 0) is 38.5 Å². The zero-order chi connectivity index (χ0) is 15.1. The quantitative estimate of drug-likeness (QED) is 0.852. The van der Waals surface area contributed by atoms with E-state index in [2.05, 4.69) is 5.32 Å². The van der Waals surface area contributed by atoms with E-state index in [1.807, 2.05) is 0 Å². The van der Waals surface area contributed by atoms with E-state index in [0.717, 1.165) is 10.5 Å². The summed E-state index contributed by atoms with van der Waals surface area (Å²) in [6, 6.07) is 5.70. The van der Waals surface area contributed by atoms with Gasteiger partial charge in [0.1, 0.15) is 5.41 Å². The van der Waals surface area contributed by atoms with Crippen LogP contribution in [0.3, 0.4) is 0 Å². The first-order valence-electron chi connectivity index (χ1n) is 6.19. The summed E-state index contributed by atoms with van der Waals surface area (Å²) in [7, 11) is 0. The fraction of sp³-hybridized carbons (Fsp3) is 0.357.